The number of para-hydroxylation sites is 6. The number of esters is 3. The van der Waals surface area contributed by atoms with E-state index in [4.69, 9.17) is 32.6 Å². The van der Waals surface area contributed by atoms with E-state index >= 15 is 14.4 Å². The lowest BCUT2D eigenvalue weighted by molar-refractivity contribution is 0.0214. The van der Waals surface area contributed by atoms with Gasteiger partial charge in [0, 0.05) is 50.1 Å². The quantitative estimate of drug-likeness (QED) is 0.0675. The van der Waals surface area contributed by atoms with Gasteiger partial charge >= 0.3 is 17.9 Å². The topological polar surface area (TPSA) is 150 Å². The zero-order chi connectivity index (χ0) is 51.3. The molecular weight excluding hydrogens is 981 g/mol. The van der Waals surface area contributed by atoms with E-state index in [0.717, 1.165) is 6.26 Å². The van der Waals surface area contributed by atoms with E-state index in [1.54, 1.807) is 91.0 Å². The van der Waals surface area contributed by atoms with E-state index in [1.807, 2.05) is 109 Å². The molecule has 6 aliphatic heterocycles. The SMILES string of the molecule is CS(=O)(=O)OCC(c1cccc2c1C(=O)OC21c2ccccc2Oc2ccccc21)(c1cccc2c1C(=O)OC21c2ccccc2Oc2ccccc21)c1cccc2c1C(=O)OC21c2ccccc2Oc2ccccc21. The number of fused-ring (bicyclic) bond motifs is 18. The number of hydrogen-bond donors (Lipinski definition) is 0. The highest BCUT2D eigenvalue weighted by Gasteiger charge is 2.62. The van der Waals surface area contributed by atoms with Gasteiger partial charge in [0.1, 0.15) is 34.5 Å². The van der Waals surface area contributed by atoms with E-state index in [1.165, 1.54) is 0 Å². The minimum Gasteiger partial charge on any atom is -0.456 e. The molecule has 0 saturated carbocycles. The molecule has 0 radical (unpaired) electrons. The molecule has 0 fully saturated rings. The molecule has 0 amide bonds. The van der Waals surface area contributed by atoms with Gasteiger partial charge in [-0.3, -0.25) is 4.18 Å². The van der Waals surface area contributed by atoms with Crippen molar-refractivity contribution in [2.45, 2.75) is 22.2 Å². The van der Waals surface area contributed by atoms with E-state index in [-0.39, 0.29) is 33.4 Å². The van der Waals surface area contributed by atoms with Crippen LogP contribution in [0, 0.1) is 0 Å². The standard InChI is InChI=1S/C63H38O12S/c1-76(67,68)69-35-60(42-23-14-26-45-54(42)57(64)73-61(45)36-17-2-8-29-48(36)70-49-30-9-3-18-37(49)61,43-24-15-27-46-55(43)58(65)74-62(46)38-19-4-10-31-50(38)71-51-32-11-5-20-39(51)62)44-25-16-28-47-56(44)59(66)75-63(47)40-21-6-12-33-52(40)72-53-34-13-7-22-41(53)63/h2-34H,35H2,1H3. The maximum Gasteiger partial charge on any atom is 0.340 e. The Labute approximate surface area is 434 Å². The van der Waals surface area contributed by atoms with Gasteiger partial charge in [-0.2, -0.15) is 8.42 Å². The second-order valence-electron chi connectivity index (χ2n) is 19.6. The third-order valence-electron chi connectivity index (χ3n) is 15.8. The maximum absolute atomic E-state index is 15.7. The fraction of sp³-hybridized carbons (Fsp3) is 0.0952. The lowest BCUT2D eigenvalue weighted by atomic mass is 9.63. The van der Waals surface area contributed by atoms with Gasteiger partial charge < -0.3 is 28.4 Å². The lowest BCUT2D eigenvalue weighted by Crippen LogP contribution is -2.40. The number of rotatable bonds is 6. The first-order valence-electron chi connectivity index (χ1n) is 24.6. The number of hydrogen-bond acceptors (Lipinski definition) is 12. The molecule has 76 heavy (non-hydrogen) atoms. The van der Waals surface area contributed by atoms with Crippen LogP contribution < -0.4 is 14.2 Å². The predicted octanol–water partition coefficient (Wildman–Crippen LogP) is 11.7. The van der Waals surface area contributed by atoms with Gasteiger partial charge in [0.25, 0.3) is 10.1 Å². The molecule has 13 heteroatoms. The van der Waals surface area contributed by atoms with Crippen molar-refractivity contribution in [3.8, 4) is 34.5 Å². The molecule has 0 unspecified atom stereocenters. The van der Waals surface area contributed by atoms with E-state index in [9.17, 15) is 8.42 Å². The van der Waals surface area contributed by atoms with E-state index in [0.29, 0.717) is 84.6 Å². The van der Waals surface area contributed by atoms with Gasteiger partial charge in [-0.15, -0.1) is 0 Å². The Hall–Kier alpha value is -9.30. The molecule has 0 aromatic heterocycles. The fourth-order valence-corrected chi connectivity index (χ4v) is 13.3. The Morgan fingerprint density at radius 3 is 0.842 bits per heavy atom. The Balaban J connectivity index is 1.10. The minimum absolute atomic E-state index is 0.0481. The molecule has 15 rings (SSSR count). The molecule has 12 nitrogen and oxygen atoms in total. The summed E-state index contributed by atoms with van der Waals surface area (Å²) in [5.41, 5.74) is -1.75. The second kappa shape index (κ2) is 15.4. The summed E-state index contributed by atoms with van der Waals surface area (Å²) in [6.45, 7) is -0.779. The van der Waals surface area contributed by atoms with Crippen molar-refractivity contribution in [3.63, 3.8) is 0 Å². The molecule has 6 heterocycles. The summed E-state index contributed by atoms with van der Waals surface area (Å²) in [6, 6.07) is 59.6. The highest BCUT2D eigenvalue weighted by molar-refractivity contribution is 7.86. The molecule has 0 saturated heterocycles. The smallest absolute Gasteiger partial charge is 0.340 e. The molecule has 368 valence electrons. The Morgan fingerprint density at radius 2 is 0.592 bits per heavy atom. The van der Waals surface area contributed by atoms with Crippen LogP contribution >= 0.6 is 0 Å². The van der Waals surface area contributed by atoms with Crippen molar-refractivity contribution < 1.29 is 55.4 Å². The largest absolute Gasteiger partial charge is 0.456 e. The van der Waals surface area contributed by atoms with Crippen LogP contribution in [0.2, 0.25) is 0 Å². The molecule has 6 aliphatic rings. The summed E-state index contributed by atoms with van der Waals surface area (Å²) < 4.78 is 73.8. The van der Waals surface area contributed by atoms with Gasteiger partial charge in [-0.1, -0.05) is 164 Å². The van der Waals surface area contributed by atoms with Gasteiger partial charge in [0.2, 0.25) is 0 Å². The van der Waals surface area contributed by atoms with Crippen LogP contribution in [0.15, 0.2) is 200 Å². The summed E-state index contributed by atoms with van der Waals surface area (Å²) in [5.74, 6) is 0.431. The van der Waals surface area contributed by atoms with Gasteiger partial charge in [-0.05, 0) is 53.1 Å². The van der Waals surface area contributed by atoms with Crippen LogP contribution in [0.4, 0.5) is 0 Å². The number of ether oxygens (including phenoxy) is 6. The third kappa shape index (κ3) is 5.59. The zero-order valence-corrected chi connectivity index (χ0v) is 40.9. The Morgan fingerprint density at radius 1 is 0.355 bits per heavy atom. The average Bonchev–Trinajstić information content (AvgIpc) is 4.24. The Kier molecular flexibility index (Phi) is 8.95. The van der Waals surface area contributed by atoms with Gasteiger partial charge in [-0.25, -0.2) is 14.4 Å². The number of carbonyl (C=O) groups excluding carboxylic acids is 3. The molecule has 9 aromatic rings. The predicted molar refractivity (Wildman–Crippen MR) is 275 cm³/mol. The van der Waals surface area contributed by atoms with Crippen LogP contribution in [0.1, 0.15) is 97.8 Å². The number of benzene rings is 9. The van der Waals surface area contributed by atoms with E-state index in [2.05, 4.69) is 0 Å². The summed E-state index contributed by atoms with van der Waals surface area (Å²) in [4.78, 5) is 47.1. The van der Waals surface area contributed by atoms with Crippen molar-refractivity contribution in [1.82, 2.24) is 0 Å². The van der Waals surface area contributed by atoms with Crippen LogP contribution in [0.3, 0.4) is 0 Å². The van der Waals surface area contributed by atoms with Crippen molar-refractivity contribution >= 4 is 28.0 Å². The maximum atomic E-state index is 15.7. The fourth-order valence-electron chi connectivity index (χ4n) is 12.9. The molecule has 0 bridgehead atoms. The first-order valence-corrected chi connectivity index (χ1v) is 26.4. The Bertz CT molecular complexity index is 3680. The molecule has 3 spiro atoms. The molecule has 9 aromatic carbocycles. The van der Waals surface area contributed by atoms with Crippen LogP contribution in [-0.2, 0) is 50.7 Å². The molecule has 0 atom stereocenters. The summed E-state index contributed by atoms with van der Waals surface area (Å²) in [6.07, 6.45) is 0.926. The van der Waals surface area contributed by atoms with E-state index < -0.39 is 56.9 Å². The summed E-state index contributed by atoms with van der Waals surface area (Å²) >= 11 is 0. The molecule has 0 aliphatic carbocycles. The normalized spacial score (nSPS) is 16.7. The molecular formula is C63H38O12S. The summed E-state index contributed by atoms with van der Waals surface area (Å²) in [5, 5.41) is 0. The van der Waals surface area contributed by atoms with Gasteiger partial charge in [0.05, 0.1) is 35.0 Å². The summed E-state index contributed by atoms with van der Waals surface area (Å²) in [7, 11) is -4.38. The van der Waals surface area contributed by atoms with Gasteiger partial charge in [0.15, 0.2) is 16.8 Å². The second-order valence-corrected chi connectivity index (χ2v) is 21.2. The highest BCUT2D eigenvalue weighted by atomic mass is 32.2. The van der Waals surface area contributed by atoms with Crippen LogP contribution in [0.25, 0.3) is 0 Å². The molecule has 0 N–H and O–H groups in total. The number of carbonyl (C=O) groups is 3. The van der Waals surface area contributed by atoms with Crippen molar-refractivity contribution in [2.75, 3.05) is 12.9 Å². The van der Waals surface area contributed by atoms with Crippen LogP contribution in [0.5, 0.6) is 34.5 Å². The zero-order valence-electron chi connectivity index (χ0n) is 40.1. The minimum atomic E-state index is -4.38. The monoisotopic (exact) mass is 1020 g/mol. The van der Waals surface area contributed by atoms with Crippen LogP contribution in [-0.4, -0.2) is 39.2 Å². The first-order chi connectivity index (χ1) is 37.0. The third-order valence-corrected chi connectivity index (χ3v) is 16.4. The lowest BCUT2D eigenvalue weighted by Gasteiger charge is -2.39. The van der Waals surface area contributed by atoms with Crippen molar-refractivity contribution in [1.29, 1.82) is 0 Å². The van der Waals surface area contributed by atoms with Crippen molar-refractivity contribution in [2.24, 2.45) is 0 Å². The van der Waals surface area contributed by atoms with Crippen molar-refractivity contribution in [3.05, 3.63) is 284 Å². The average molecular weight is 1020 g/mol. The highest BCUT2D eigenvalue weighted by Crippen LogP contribution is 2.63. The first kappa shape index (κ1) is 44.2.